The molecule has 0 unspecified atom stereocenters. The molecule has 5 heterocycles. The summed E-state index contributed by atoms with van der Waals surface area (Å²) in [5.41, 5.74) is -1.21. The van der Waals surface area contributed by atoms with Crippen molar-refractivity contribution < 1.29 is 73.6 Å². The molecule has 7 aromatic rings. The Morgan fingerprint density at radius 1 is 0.473 bits per heavy atom. The first-order valence-electron chi connectivity index (χ1n) is 29.2. The first-order valence-corrected chi connectivity index (χ1v) is 29.2. The number of aromatic carboxylic acids is 5. The highest BCUT2D eigenvalue weighted by molar-refractivity contribution is 5.92. The number of carbonyl (C=O) groups is 5. The van der Waals surface area contributed by atoms with Gasteiger partial charge in [-0.15, -0.1) is 0 Å². The number of hydrogen-bond acceptors (Lipinski definition) is 15. The van der Waals surface area contributed by atoms with Crippen LogP contribution in [0.5, 0.6) is 28.7 Å². The Morgan fingerprint density at radius 3 is 1.36 bits per heavy atom. The van der Waals surface area contributed by atoms with Gasteiger partial charge in [-0.3, -0.25) is 24.0 Å². The Hall–Kier alpha value is -10.5. The molecule has 91 heavy (non-hydrogen) atoms. The van der Waals surface area contributed by atoms with Gasteiger partial charge in [-0.1, -0.05) is 88.4 Å². The topological polar surface area (TPSA) is 354 Å². The zero-order valence-electron chi connectivity index (χ0n) is 52.4. The molecule has 2 aromatic carbocycles. The third-order valence-electron chi connectivity index (χ3n) is 13.0. The number of nitrogens with zero attached hydrogens (tertiary/aromatic N) is 5. The lowest BCUT2D eigenvalue weighted by molar-refractivity contribution is 0.0678. The molecule has 0 saturated heterocycles. The molecule has 1 aliphatic carbocycles. The Kier molecular flexibility index (Phi) is 28.0. The summed E-state index contributed by atoms with van der Waals surface area (Å²) in [4.78, 5) is 115. The van der Waals surface area contributed by atoms with Crippen molar-refractivity contribution in [2.45, 2.75) is 127 Å². The van der Waals surface area contributed by atoms with Gasteiger partial charge in [0.25, 0.3) is 27.8 Å². The zero-order valence-corrected chi connectivity index (χ0v) is 52.4. The minimum atomic E-state index is -1.29. The monoisotopic (exact) mass is 1260 g/mol. The van der Waals surface area contributed by atoms with Crippen LogP contribution in [0.15, 0.2) is 146 Å². The number of carboxylic acid groups (broad SMARTS) is 5. The fourth-order valence-electron chi connectivity index (χ4n) is 8.31. The molecule has 0 aliphatic heterocycles. The van der Waals surface area contributed by atoms with Crippen LogP contribution in [0.2, 0.25) is 0 Å². The van der Waals surface area contributed by atoms with E-state index in [-0.39, 0.29) is 87.7 Å². The molecule has 488 valence electrons. The maximum Gasteiger partial charge on any atom is 0.339 e. The Bertz CT molecular complexity index is 3930. The third kappa shape index (κ3) is 21.7. The number of ether oxygens (including phenoxy) is 4. The first kappa shape index (κ1) is 73.0. The third-order valence-corrected chi connectivity index (χ3v) is 13.0. The van der Waals surface area contributed by atoms with Crippen LogP contribution in [0.25, 0.3) is 0 Å². The highest BCUT2D eigenvalue weighted by Crippen LogP contribution is 2.30. The summed E-state index contributed by atoms with van der Waals surface area (Å²) < 4.78 is 28.5. The van der Waals surface area contributed by atoms with Gasteiger partial charge in [0.1, 0.15) is 34.4 Å². The summed E-state index contributed by atoms with van der Waals surface area (Å²) in [5, 5.41) is 54.3. The molecule has 0 amide bonds. The van der Waals surface area contributed by atoms with E-state index < -0.39 is 57.8 Å². The highest BCUT2D eigenvalue weighted by Gasteiger charge is 2.25. The maximum atomic E-state index is 12.7. The van der Waals surface area contributed by atoms with Crippen molar-refractivity contribution in [3.8, 4) is 28.7 Å². The van der Waals surface area contributed by atoms with Crippen LogP contribution >= 0.6 is 0 Å². The van der Waals surface area contributed by atoms with Crippen LogP contribution in [0.4, 0.5) is 0 Å². The molecule has 25 nitrogen and oxygen atoms in total. The number of aromatic nitrogens is 5. The van der Waals surface area contributed by atoms with Crippen molar-refractivity contribution in [1.82, 2.24) is 22.8 Å². The van der Waals surface area contributed by atoms with Crippen LogP contribution in [0.3, 0.4) is 0 Å². The lowest BCUT2D eigenvalue weighted by Crippen LogP contribution is -2.27. The van der Waals surface area contributed by atoms with Gasteiger partial charge in [0, 0.05) is 56.7 Å². The van der Waals surface area contributed by atoms with Crippen molar-refractivity contribution in [2.75, 3.05) is 13.2 Å². The van der Waals surface area contributed by atoms with Crippen LogP contribution in [0.1, 0.15) is 151 Å². The second-order valence-corrected chi connectivity index (χ2v) is 22.0. The summed E-state index contributed by atoms with van der Waals surface area (Å²) in [7, 11) is 0. The second kappa shape index (κ2) is 34.9. The summed E-state index contributed by atoms with van der Waals surface area (Å²) in [6.45, 7) is 21.2. The number of hydrogen-bond donors (Lipinski definition) is 6. The molecular formula is C66H79N5O20. The largest absolute Gasteiger partial charge is 0.502 e. The Morgan fingerprint density at radius 2 is 0.901 bits per heavy atom. The molecule has 0 bridgehead atoms. The van der Waals surface area contributed by atoms with Crippen molar-refractivity contribution in [1.29, 1.82) is 0 Å². The van der Waals surface area contributed by atoms with Gasteiger partial charge in [0.15, 0.2) is 28.7 Å². The van der Waals surface area contributed by atoms with Gasteiger partial charge in [0.05, 0.1) is 25.9 Å². The number of rotatable bonds is 23. The lowest BCUT2D eigenvalue weighted by Gasteiger charge is -2.15. The molecule has 1 saturated carbocycles. The molecule has 25 heteroatoms. The molecule has 5 aromatic heterocycles. The SMILES string of the molecule is CC(C)COc1c(C(=O)O)ccn(CC(C)C)c1=O.CC(C)Oc1c(C(=O)O)ccn(C(C)C)c1=O.CCOc1c(C(=O)O)ccn(CC)c1=O.O=C(O)c1ccn(CC2CC2)c(=O)c1O.O=C(O)c1ccn(Cc2ccccc2)c(=O)c1OCc1ccccc1. The Balaban J connectivity index is 0.000000246. The van der Waals surface area contributed by atoms with E-state index in [9.17, 15) is 58.2 Å². The van der Waals surface area contributed by atoms with E-state index in [1.54, 1.807) is 27.7 Å². The molecular weight excluding hydrogens is 1180 g/mol. The number of aromatic hydroxyl groups is 1. The molecule has 1 aliphatic rings. The predicted molar refractivity (Wildman–Crippen MR) is 337 cm³/mol. The predicted octanol–water partition coefficient (Wildman–Crippen LogP) is 8.95. The average Bonchev–Trinajstić information content (AvgIpc) is 1.82. The number of pyridine rings is 5. The van der Waals surface area contributed by atoms with Crippen molar-refractivity contribution >= 4 is 29.8 Å². The highest BCUT2D eigenvalue weighted by atomic mass is 16.5. The van der Waals surface area contributed by atoms with Gasteiger partial charge in [0.2, 0.25) is 0 Å². The fraction of sp³-hybridized carbons (Fsp3) is 0.364. The zero-order chi connectivity index (χ0) is 67.8. The van der Waals surface area contributed by atoms with Gasteiger partial charge in [-0.25, -0.2) is 24.0 Å². The van der Waals surface area contributed by atoms with Crippen LogP contribution in [-0.4, -0.2) is 103 Å². The summed E-state index contributed by atoms with van der Waals surface area (Å²) in [6, 6.07) is 25.6. The van der Waals surface area contributed by atoms with E-state index in [1.807, 2.05) is 102 Å². The van der Waals surface area contributed by atoms with Gasteiger partial charge in [-0.05, 0) is 114 Å². The molecule has 0 atom stereocenters. The summed E-state index contributed by atoms with van der Waals surface area (Å²) in [6.07, 6.45) is 9.27. The minimum absolute atomic E-state index is 0.0418. The Labute approximate surface area is 523 Å². The maximum absolute atomic E-state index is 12.7. The van der Waals surface area contributed by atoms with Crippen molar-refractivity contribution in [2.24, 2.45) is 17.8 Å². The van der Waals surface area contributed by atoms with E-state index in [4.69, 9.17) is 39.4 Å². The standard InChI is InChI=1S/C20H17NO4.C14H21NO4.C12H17NO4.C10H11NO4.C10H13NO4/c22-19-18(25-14-16-9-5-2-6-10-16)17(20(23)24)11-12-21(19)13-15-7-3-1-4-8-15;1-9(2)7-15-6-5-11(14(17)18)12(13(15)16)19-8-10(3)4;1-7(2)13-6-5-9(12(15)16)10(11(13)14)17-8(3)4;12-8-7(10(14)15)3-4-11(9(8)13)5-6-1-2-6;1-3-11-6-5-7(10(13)14)8(9(11)12)15-4-2/h1-12H,13-14H2,(H,23,24);5-6,9-10H,7-8H2,1-4H3,(H,17,18);5-8H,1-4H3,(H,15,16);3-4,6,12H,1-2,5H2,(H,14,15);5-6H,3-4H2,1-2H3,(H,13,14). The van der Waals surface area contributed by atoms with Crippen LogP contribution < -0.4 is 46.7 Å². The van der Waals surface area contributed by atoms with E-state index in [0.29, 0.717) is 44.6 Å². The second-order valence-electron chi connectivity index (χ2n) is 22.0. The van der Waals surface area contributed by atoms with E-state index in [2.05, 4.69) is 0 Å². The van der Waals surface area contributed by atoms with E-state index >= 15 is 0 Å². The smallest absolute Gasteiger partial charge is 0.339 e. The van der Waals surface area contributed by atoms with Crippen LogP contribution in [-0.2, 0) is 32.8 Å². The molecule has 1 fully saturated rings. The van der Waals surface area contributed by atoms with Gasteiger partial charge < -0.3 is 72.4 Å². The summed E-state index contributed by atoms with van der Waals surface area (Å²) in [5.74, 6) is -5.98. The summed E-state index contributed by atoms with van der Waals surface area (Å²) >= 11 is 0. The lowest BCUT2D eigenvalue weighted by atomic mass is 10.2. The van der Waals surface area contributed by atoms with Crippen molar-refractivity contribution in [3.05, 3.63) is 213 Å². The van der Waals surface area contributed by atoms with E-state index in [0.717, 1.165) is 24.0 Å². The molecule has 0 spiro atoms. The minimum Gasteiger partial charge on any atom is -0.502 e. The normalized spacial score (nSPS) is 11.4. The number of benzene rings is 2. The fourth-order valence-corrected chi connectivity index (χ4v) is 8.31. The number of aryl methyl sites for hydroxylation is 1. The number of carboxylic acids is 5. The van der Waals surface area contributed by atoms with E-state index in [1.165, 1.54) is 84.2 Å². The van der Waals surface area contributed by atoms with Gasteiger partial charge >= 0.3 is 29.8 Å². The van der Waals surface area contributed by atoms with Crippen LogP contribution in [0, 0.1) is 17.8 Å². The average molecular weight is 1260 g/mol. The molecule has 8 rings (SSSR count). The molecule has 0 radical (unpaired) electrons. The van der Waals surface area contributed by atoms with Crippen molar-refractivity contribution in [3.63, 3.8) is 0 Å². The quantitative estimate of drug-likeness (QED) is 0.0348. The van der Waals surface area contributed by atoms with Gasteiger partial charge in [-0.2, -0.15) is 0 Å². The molecule has 6 N–H and O–H groups in total. The first-order chi connectivity index (χ1) is 43.0.